The Morgan fingerprint density at radius 3 is 2.33 bits per heavy atom. The molecule has 0 aromatic carbocycles. The highest BCUT2D eigenvalue weighted by Gasteiger charge is 2.17. The van der Waals surface area contributed by atoms with Crippen molar-refractivity contribution >= 4 is 15.7 Å². The van der Waals surface area contributed by atoms with Crippen LogP contribution in [0.15, 0.2) is 0 Å². The number of primary amides is 1. The van der Waals surface area contributed by atoms with Crippen molar-refractivity contribution in [3.05, 3.63) is 0 Å². The fraction of sp³-hybridized carbons (Fsp3) is 0.833. The molecule has 0 spiro atoms. The third-order valence-electron chi connectivity index (χ3n) is 1.35. The van der Waals surface area contributed by atoms with E-state index < -0.39 is 27.5 Å². The van der Waals surface area contributed by atoms with Crippen LogP contribution in [-0.4, -0.2) is 31.9 Å². The number of hydrogen-bond acceptors (Lipinski definition) is 4. The van der Waals surface area contributed by atoms with E-state index in [4.69, 9.17) is 11.5 Å². The van der Waals surface area contributed by atoms with Crippen LogP contribution in [0.1, 0.15) is 13.3 Å². The van der Waals surface area contributed by atoms with Gasteiger partial charge in [-0.3, -0.25) is 4.79 Å². The largest absolute Gasteiger partial charge is 0.369 e. The van der Waals surface area contributed by atoms with Gasteiger partial charge >= 0.3 is 0 Å². The predicted octanol–water partition coefficient (Wildman–Crippen LogP) is -1.38. The molecule has 0 heterocycles. The van der Waals surface area contributed by atoms with Gasteiger partial charge in [-0.15, -0.1) is 0 Å². The summed E-state index contributed by atoms with van der Waals surface area (Å²) < 4.78 is 22.1. The van der Waals surface area contributed by atoms with Gasteiger partial charge in [0.15, 0.2) is 9.84 Å². The smallest absolute Gasteiger partial charge is 0.232 e. The highest BCUT2D eigenvalue weighted by Crippen LogP contribution is 1.95. The van der Waals surface area contributed by atoms with Gasteiger partial charge in [0.05, 0.1) is 5.75 Å². The molecule has 1 unspecified atom stereocenters. The highest BCUT2D eigenvalue weighted by molar-refractivity contribution is 7.92. The molecule has 1 amide bonds. The Labute approximate surface area is 72.0 Å². The lowest BCUT2D eigenvalue weighted by Gasteiger charge is -2.07. The average Bonchev–Trinajstić information content (AvgIpc) is 1.83. The molecule has 0 aliphatic heterocycles. The maximum absolute atomic E-state index is 11.0. The van der Waals surface area contributed by atoms with E-state index in [-0.39, 0.29) is 5.75 Å². The number of rotatable bonds is 5. The Kier molecular flexibility index (Phi) is 4.19. The zero-order chi connectivity index (χ0) is 9.78. The summed E-state index contributed by atoms with van der Waals surface area (Å²) in [6.07, 6.45) is 0.567. The molecule has 12 heavy (non-hydrogen) atoms. The van der Waals surface area contributed by atoms with Crippen molar-refractivity contribution in [3.63, 3.8) is 0 Å². The molecule has 5 nitrogen and oxygen atoms in total. The van der Waals surface area contributed by atoms with Crippen LogP contribution in [0.25, 0.3) is 0 Å². The summed E-state index contributed by atoms with van der Waals surface area (Å²) in [4.78, 5) is 10.3. The fourth-order valence-corrected chi connectivity index (χ4v) is 2.16. The molecule has 0 saturated carbocycles. The second kappa shape index (κ2) is 4.42. The number of nitrogens with two attached hydrogens (primary N) is 2. The van der Waals surface area contributed by atoms with Crippen molar-refractivity contribution < 1.29 is 13.2 Å². The molecule has 4 N–H and O–H groups in total. The van der Waals surface area contributed by atoms with Crippen LogP contribution in [0.5, 0.6) is 0 Å². The van der Waals surface area contributed by atoms with E-state index in [1.807, 2.05) is 0 Å². The van der Waals surface area contributed by atoms with Gasteiger partial charge in [-0.1, -0.05) is 6.92 Å². The highest BCUT2D eigenvalue weighted by atomic mass is 32.2. The van der Waals surface area contributed by atoms with Crippen LogP contribution in [-0.2, 0) is 14.6 Å². The predicted molar refractivity (Wildman–Crippen MR) is 46.1 cm³/mol. The monoisotopic (exact) mass is 194 g/mol. The van der Waals surface area contributed by atoms with Crippen molar-refractivity contribution in [2.24, 2.45) is 11.5 Å². The summed E-state index contributed by atoms with van der Waals surface area (Å²) in [6, 6.07) is -0.408. The fourth-order valence-electron chi connectivity index (χ4n) is 0.720. The summed E-state index contributed by atoms with van der Waals surface area (Å²) in [7, 11) is -3.39. The van der Waals surface area contributed by atoms with Crippen molar-refractivity contribution in [3.8, 4) is 0 Å². The van der Waals surface area contributed by atoms with Gasteiger partial charge in [0.1, 0.15) is 5.75 Å². The van der Waals surface area contributed by atoms with Crippen LogP contribution < -0.4 is 11.5 Å². The summed E-state index contributed by atoms with van der Waals surface area (Å²) in [6.45, 7) is 1.78. The van der Waals surface area contributed by atoms with Gasteiger partial charge in [0, 0.05) is 6.04 Å². The molecule has 0 aliphatic carbocycles. The Bertz CT molecular complexity index is 248. The quantitative estimate of drug-likeness (QED) is 0.563. The van der Waals surface area contributed by atoms with Crippen LogP contribution in [0.3, 0.4) is 0 Å². The summed E-state index contributed by atoms with van der Waals surface area (Å²) in [5.41, 5.74) is 10.1. The third kappa shape index (κ3) is 5.09. The van der Waals surface area contributed by atoms with Crippen LogP contribution in [0, 0.1) is 0 Å². The summed E-state index contributed by atoms with van der Waals surface area (Å²) in [5.74, 6) is -1.62. The Balaban J connectivity index is 4.15. The lowest BCUT2D eigenvalue weighted by molar-refractivity contribution is -0.115. The van der Waals surface area contributed by atoms with E-state index in [0.717, 1.165) is 0 Å². The van der Waals surface area contributed by atoms with Crippen LogP contribution in [0.4, 0.5) is 0 Å². The van der Waals surface area contributed by atoms with E-state index >= 15 is 0 Å². The lowest BCUT2D eigenvalue weighted by Crippen LogP contribution is -2.33. The Morgan fingerprint density at radius 1 is 1.50 bits per heavy atom. The molecule has 0 bridgehead atoms. The normalized spacial score (nSPS) is 14.2. The van der Waals surface area contributed by atoms with Gasteiger partial charge in [-0.2, -0.15) is 0 Å². The second-order valence-electron chi connectivity index (χ2n) is 2.69. The van der Waals surface area contributed by atoms with Gasteiger partial charge in [0.2, 0.25) is 5.91 Å². The number of hydrogen-bond donors (Lipinski definition) is 2. The number of carbonyl (C=O) groups is 1. The molecule has 1 atom stereocenters. The van der Waals surface area contributed by atoms with Crippen molar-refractivity contribution in [2.45, 2.75) is 19.4 Å². The topological polar surface area (TPSA) is 103 Å². The first-order valence-corrected chi connectivity index (χ1v) is 5.44. The minimum atomic E-state index is -3.39. The second-order valence-corrected chi connectivity index (χ2v) is 4.80. The first-order valence-electron chi connectivity index (χ1n) is 3.61. The van der Waals surface area contributed by atoms with E-state index in [2.05, 4.69) is 0 Å². The Hall–Kier alpha value is -0.620. The maximum Gasteiger partial charge on any atom is 0.232 e. The van der Waals surface area contributed by atoms with E-state index in [9.17, 15) is 13.2 Å². The zero-order valence-electron chi connectivity index (χ0n) is 6.99. The molecule has 0 aliphatic rings. The van der Waals surface area contributed by atoms with Gasteiger partial charge < -0.3 is 11.5 Å². The lowest BCUT2D eigenvalue weighted by atomic mass is 10.3. The molecular formula is C6H14N2O3S. The molecule has 0 saturated heterocycles. The zero-order valence-corrected chi connectivity index (χ0v) is 7.80. The summed E-state index contributed by atoms with van der Waals surface area (Å²) >= 11 is 0. The number of amides is 1. The van der Waals surface area contributed by atoms with E-state index in [1.165, 1.54) is 0 Å². The van der Waals surface area contributed by atoms with Crippen LogP contribution in [0.2, 0.25) is 0 Å². The first kappa shape index (κ1) is 11.4. The molecule has 0 aromatic rings. The molecule has 0 rings (SSSR count). The molecule has 0 radical (unpaired) electrons. The standard InChI is InChI=1S/C6H14N2O3S/c1-2-5(7)3-12(10,11)4-6(8)9/h5H,2-4,7H2,1H3,(H2,8,9). The van der Waals surface area contributed by atoms with Crippen molar-refractivity contribution in [2.75, 3.05) is 11.5 Å². The van der Waals surface area contributed by atoms with Crippen molar-refractivity contribution in [1.82, 2.24) is 0 Å². The van der Waals surface area contributed by atoms with E-state index in [1.54, 1.807) is 6.92 Å². The minimum Gasteiger partial charge on any atom is -0.369 e. The van der Waals surface area contributed by atoms with E-state index in [0.29, 0.717) is 6.42 Å². The first-order chi connectivity index (χ1) is 5.37. The van der Waals surface area contributed by atoms with Crippen LogP contribution >= 0.6 is 0 Å². The molecular weight excluding hydrogens is 180 g/mol. The SMILES string of the molecule is CCC(N)CS(=O)(=O)CC(N)=O. The molecule has 0 fully saturated rings. The average molecular weight is 194 g/mol. The molecule has 6 heteroatoms. The molecule has 0 aromatic heterocycles. The summed E-state index contributed by atoms with van der Waals surface area (Å²) in [5, 5.41) is 0. The van der Waals surface area contributed by atoms with Gasteiger partial charge in [-0.25, -0.2) is 8.42 Å². The number of sulfone groups is 1. The molecule has 72 valence electrons. The maximum atomic E-state index is 11.0. The Morgan fingerprint density at radius 2 is 2.00 bits per heavy atom. The van der Waals surface area contributed by atoms with Gasteiger partial charge in [0.25, 0.3) is 0 Å². The van der Waals surface area contributed by atoms with Crippen molar-refractivity contribution in [1.29, 1.82) is 0 Å². The number of carbonyl (C=O) groups excluding carboxylic acids is 1. The third-order valence-corrected chi connectivity index (χ3v) is 3.01. The van der Waals surface area contributed by atoms with Gasteiger partial charge in [-0.05, 0) is 6.42 Å². The minimum absolute atomic E-state index is 0.174.